The molecule has 1 heterocycles. The zero-order valence-corrected chi connectivity index (χ0v) is 16.8. The molecule has 5 fully saturated rings. The monoisotopic (exact) mass is 367 g/mol. The minimum atomic E-state index is 0.114. The number of aryl methyl sites for hydroxylation is 1. The van der Waals surface area contributed by atoms with Crippen LogP contribution in [0.3, 0.4) is 0 Å². The Morgan fingerprint density at radius 2 is 1.59 bits per heavy atom. The second-order valence-electron chi connectivity index (χ2n) is 9.95. The fraction of sp³-hybridized carbons (Fsp3) is 0.696. The third-order valence-electron chi connectivity index (χ3n) is 7.69. The first kappa shape index (κ1) is 17.4. The number of hydrogen-bond donors (Lipinski definition) is 1. The standard InChI is InChI=1S/C23H33N3O/c1-16-3-5-21(6-4-16)26-8-7-25(15-17(26)2)22(27)24-23-12-18-9-19(13-23)11-20(10-18)14-23/h3-6,17-20H,7-15H2,1-2H3,(H,24,27)/t17-,18?,19?,20?,23?/m0/s1. The summed E-state index contributed by atoms with van der Waals surface area (Å²) in [4.78, 5) is 17.6. The van der Waals surface area contributed by atoms with Crippen molar-refractivity contribution < 1.29 is 4.79 Å². The lowest BCUT2D eigenvalue weighted by molar-refractivity contribution is -0.0159. The summed E-state index contributed by atoms with van der Waals surface area (Å²) in [6.07, 6.45) is 7.93. The average Bonchev–Trinajstić information content (AvgIpc) is 2.61. The highest BCUT2D eigenvalue weighted by atomic mass is 16.2. The van der Waals surface area contributed by atoms with Crippen molar-refractivity contribution in [2.75, 3.05) is 24.5 Å². The van der Waals surface area contributed by atoms with E-state index in [2.05, 4.69) is 53.2 Å². The number of anilines is 1. The molecule has 0 aromatic heterocycles. The number of hydrogen-bond acceptors (Lipinski definition) is 2. The predicted octanol–water partition coefficient (Wildman–Crippen LogP) is 4.18. The van der Waals surface area contributed by atoms with Gasteiger partial charge in [0.2, 0.25) is 0 Å². The Morgan fingerprint density at radius 3 is 2.15 bits per heavy atom. The van der Waals surface area contributed by atoms with Crippen LogP contribution in [-0.2, 0) is 0 Å². The maximum atomic E-state index is 13.1. The van der Waals surface area contributed by atoms with Crippen LogP contribution in [0.15, 0.2) is 24.3 Å². The number of amides is 2. The summed E-state index contributed by atoms with van der Waals surface area (Å²) in [5.74, 6) is 2.61. The lowest BCUT2D eigenvalue weighted by Gasteiger charge is -2.57. The van der Waals surface area contributed by atoms with Crippen LogP contribution >= 0.6 is 0 Å². The van der Waals surface area contributed by atoms with E-state index in [4.69, 9.17) is 0 Å². The van der Waals surface area contributed by atoms with E-state index in [1.165, 1.54) is 49.8 Å². The minimum absolute atomic E-state index is 0.114. The van der Waals surface area contributed by atoms with Crippen molar-refractivity contribution in [1.29, 1.82) is 0 Å². The first-order chi connectivity index (χ1) is 13.0. The highest BCUT2D eigenvalue weighted by Crippen LogP contribution is 2.55. The summed E-state index contributed by atoms with van der Waals surface area (Å²) in [5.41, 5.74) is 2.68. The van der Waals surface area contributed by atoms with Gasteiger partial charge in [-0.05, 0) is 82.3 Å². The van der Waals surface area contributed by atoms with E-state index in [1.807, 2.05) is 0 Å². The number of carbonyl (C=O) groups is 1. The summed E-state index contributed by atoms with van der Waals surface area (Å²) in [7, 11) is 0. The van der Waals surface area contributed by atoms with Gasteiger partial charge in [-0.15, -0.1) is 0 Å². The molecule has 6 rings (SSSR count). The Labute approximate surface area is 163 Å². The Morgan fingerprint density at radius 1 is 1.00 bits per heavy atom. The van der Waals surface area contributed by atoms with E-state index >= 15 is 0 Å². The van der Waals surface area contributed by atoms with Gasteiger partial charge in [-0.25, -0.2) is 4.79 Å². The van der Waals surface area contributed by atoms with Crippen LogP contribution < -0.4 is 10.2 Å². The molecule has 1 saturated heterocycles. The van der Waals surface area contributed by atoms with Crippen molar-refractivity contribution in [3.05, 3.63) is 29.8 Å². The number of urea groups is 1. The number of piperazine rings is 1. The molecule has 4 nitrogen and oxygen atoms in total. The van der Waals surface area contributed by atoms with Gasteiger partial charge < -0.3 is 15.1 Å². The molecule has 4 aliphatic carbocycles. The maximum absolute atomic E-state index is 13.1. The van der Waals surface area contributed by atoms with E-state index in [0.717, 1.165) is 37.4 Å². The minimum Gasteiger partial charge on any atom is -0.365 e. The Balaban J connectivity index is 1.23. The zero-order valence-electron chi connectivity index (χ0n) is 16.8. The highest BCUT2D eigenvalue weighted by molar-refractivity contribution is 5.75. The van der Waals surface area contributed by atoms with Crippen molar-refractivity contribution in [1.82, 2.24) is 10.2 Å². The molecule has 27 heavy (non-hydrogen) atoms. The Kier molecular flexibility index (Phi) is 4.14. The molecule has 0 radical (unpaired) electrons. The molecule has 5 aliphatic rings. The van der Waals surface area contributed by atoms with Crippen molar-refractivity contribution in [2.45, 2.75) is 64.0 Å². The first-order valence-electron chi connectivity index (χ1n) is 10.9. The second-order valence-corrected chi connectivity index (χ2v) is 9.95. The summed E-state index contributed by atoms with van der Waals surface area (Å²) in [6.45, 7) is 6.91. The number of rotatable bonds is 2. The van der Waals surface area contributed by atoms with Gasteiger partial charge in [0.05, 0.1) is 0 Å². The molecule has 146 valence electrons. The van der Waals surface area contributed by atoms with Crippen molar-refractivity contribution in [3.63, 3.8) is 0 Å². The molecular weight excluding hydrogens is 334 g/mol. The van der Waals surface area contributed by atoms with Crippen molar-refractivity contribution in [3.8, 4) is 0 Å². The normalized spacial score (nSPS) is 37.6. The number of nitrogens with one attached hydrogen (secondary N) is 1. The molecule has 1 aromatic carbocycles. The Hall–Kier alpha value is -1.71. The molecule has 0 spiro atoms. The van der Waals surface area contributed by atoms with Gasteiger partial charge in [-0.1, -0.05) is 17.7 Å². The number of benzene rings is 1. The lowest BCUT2D eigenvalue weighted by Crippen LogP contribution is -2.64. The van der Waals surface area contributed by atoms with Gasteiger partial charge in [0.15, 0.2) is 0 Å². The van der Waals surface area contributed by atoms with Crippen LogP contribution in [0, 0.1) is 24.7 Å². The fourth-order valence-electron chi connectivity index (χ4n) is 6.83. The van der Waals surface area contributed by atoms with Crippen LogP contribution in [0.5, 0.6) is 0 Å². The summed E-state index contributed by atoms with van der Waals surface area (Å²) >= 11 is 0. The topological polar surface area (TPSA) is 35.6 Å². The maximum Gasteiger partial charge on any atom is 0.317 e. The average molecular weight is 368 g/mol. The third kappa shape index (κ3) is 3.21. The molecule has 4 saturated carbocycles. The molecule has 2 amide bonds. The van der Waals surface area contributed by atoms with E-state index in [9.17, 15) is 4.79 Å². The van der Waals surface area contributed by atoms with Gasteiger partial charge in [-0.3, -0.25) is 0 Å². The quantitative estimate of drug-likeness (QED) is 0.851. The predicted molar refractivity (Wildman–Crippen MR) is 109 cm³/mol. The number of carbonyl (C=O) groups excluding carboxylic acids is 1. The van der Waals surface area contributed by atoms with Gasteiger partial charge >= 0.3 is 6.03 Å². The Bertz CT molecular complexity index is 678. The SMILES string of the molecule is Cc1ccc(N2CCN(C(=O)NC34CC5CC(CC(C5)C3)C4)C[C@@H]2C)cc1. The lowest BCUT2D eigenvalue weighted by atomic mass is 9.53. The van der Waals surface area contributed by atoms with Gasteiger partial charge in [-0.2, -0.15) is 0 Å². The fourth-order valence-corrected chi connectivity index (χ4v) is 6.83. The molecule has 1 N–H and O–H groups in total. The molecule has 4 heteroatoms. The van der Waals surface area contributed by atoms with Crippen LogP contribution in [-0.4, -0.2) is 42.1 Å². The van der Waals surface area contributed by atoms with E-state index in [0.29, 0.717) is 6.04 Å². The van der Waals surface area contributed by atoms with Crippen LogP contribution in [0.4, 0.5) is 10.5 Å². The van der Waals surface area contributed by atoms with Crippen LogP contribution in [0.1, 0.15) is 51.0 Å². The van der Waals surface area contributed by atoms with Crippen molar-refractivity contribution >= 4 is 11.7 Å². The molecular formula is C23H33N3O. The molecule has 4 bridgehead atoms. The molecule has 0 unspecified atom stereocenters. The van der Waals surface area contributed by atoms with Crippen molar-refractivity contribution in [2.24, 2.45) is 17.8 Å². The second kappa shape index (κ2) is 6.42. The highest BCUT2D eigenvalue weighted by Gasteiger charge is 2.52. The van der Waals surface area contributed by atoms with E-state index in [-0.39, 0.29) is 11.6 Å². The zero-order chi connectivity index (χ0) is 18.6. The molecule has 1 aliphatic heterocycles. The third-order valence-corrected chi connectivity index (χ3v) is 7.69. The summed E-state index contributed by atoms with van der Waals surface area (Å²) < 4.78 is 0. The smallest absolute Gasteiger partial charge is 0.317 e. The van der Waals surface area contributed by atoms with Gasteiger partial charge in [0.25, 0.3) is 0 Å². The van der Waals surface area contributed by atoms with Gasteiger partial charge in [0, 0.05) is 36.9 Å². The van der Waals surface area contributed by atoms with Crippen LogP contribution in [0.2, 0.25) is 0 Å². The first-order valence-corrected chi connectivity index (χ1v) is 10.9. The van der Waals surface area contributed by atoms with Gasteiger partial charge in [0.1, 0.15) is 0 Å². The molecule has 1 aromatic rings. The largest absolute Gasteiger partial charge is 0.365 e. The van der Waals surface area contributed by atoms with Crippen LogP contribution in [0.25, 0.3) is 0 Å². The van der Waals surface area contributed by atoms with E-state index in [1.54, 1.807) is 0 Å². The number of nitrogens with zero attached hydrogens (tertiary/aromatic N) is 2. The summed E-state index contributed by atoms with van der Waals surface area (Å²) in [6, 6.07) is 9.30. The summed E-state index contributed by atoms with van der Waals surface area (Å²) in [5, 5.41) is 3.55. The van der Waals surface area contributed by atoms with E-state index < -0.39 is 0 Å². The molecule has 1 atom stereocenters.